The summed E-state index contributed by atoms with van der Waals surface area (Å²) in [5.74, 6) is -2.40. The molecule has 0 saturated carbocycles. The van der Waals surface area contributed by atoms with E-state index in [0.717, 1.165) is 19.4 Å². The van der Waals surface area contributed by atoms with Gasteiger partial charge in [-0.3, -0.25) is 0 Å². The van der Waals surface area contributed by atoms with Crippen LogP contribution in [0.3, 0.4) is 0 Å². The predicted octanol–water partition coefficient (Wildman–Crippen LogP) is 2.81. The number of nitrogens with one attached hydrogen (secondary N) is 1. The Morgan fingerprint density at radius 2 is 2.15 bits per heavy atom. The van der Waals surface area contributed by atoms with Gasteiger partial charge in [0.2, 0.25) is 5.92 Å². The minimum atomic E-state index is -2.48. The molecule has 78 valence electrons. The standard InChI is InChI=1S/C10H19F2N/c1-8(2)6-10(11,12)7-9-4-3-5-13-9/h8-9,13H,3-7H2,1-2H3. The first-order chi connectivity index (χ1) is 5.99. The molecule has 1 atom stereocenters. The van der Waals surface area contributed by atoms with Crippen LogP contribution < -0.4 is 5.32 Å². The van der Waals surface area contributed by atoms with Crippen LogP contribution in [0.15, 0.2) is 0 Å². The third kappa shape index (κ3) is 4.03. The van der Waals surface area contributed by atoms with Crippen molar-refractivity contribution in [1.82, 2.24) is 5.32 Å². The second kappa shape index (κ2) is 4.36. The van der Waals surface area contributed by atoms with Crippen LogP contribution in [0.5, 0.6) is 0 Å². The van der Waals surface area contributed by atoms with Gasteiger partial charge in [0, 0.05) is 18.9 Å². The van der Waals surface area contributed by atoms with Crippen molar-refractivity contribution in [3.8, 4) is 0 Å². The fourth-order valence-electron chi connectivity index (χ4n) is 1.97. The van der Waals surface area contributed by atoms with Gasteiger partial charge in [0.1, 0.15) is 0 Å². The lowest BCUT2D eigenvalue weighted by molar-refractivity contribution is -0.0340. The van der Waals surface area contributed by atoms with E-state index in [1.165, 1.54) is 0 Å². The maximum absolute atomic E-state index is 13.3. The van der Waals surface area contributed by atoms with Crippen molar-refractivity contribution in [2.45, 2.75) is 51.5 Å². The van der Waals surface area contributed by atoms with Gasteiger partial charge in [0.25, 0.3) is 0 Å². The van der Waals surface area contributed by atoms with E-state index in [-0.39, 0.29) is 24.8 Å². The lowest BCUT2D eigenvalue weighted by Gasteiger charge is -2.21. The fraction of sp³-hybridized carbons (Fsp3) is 1.00. The molecule has 0 spiro atoms. The summed E-state index contributed by atoms with van der Waals surface area (Å²) in [7, 11) is 0. The molecule has 0 radical (unpaired) electrons. The van der Waals surface area contributed by atoms with Crippen LogP contribution in [-0.4, -0.2) is 18.5 Å². The molecule has 1 aliphatic heterocycles. The number of alkyl halides is 2. The topological polar surface area (TPSA) is 12.0 Å². The third-order valence-corrected chi connectivity index (χ3v) is 2.41. The van der Waals surface area contributed by atoms with E-state index in [1.54, 1.807) is 0 Å². The zero-order chi connectivity index (χ0) is 9.90. The summed E-state index contributed by atoms with van der Waals surface area (Å²) in [6.07, 6.45) is 1.99. The Morgan fingerprint density at radius 3 is 2.62 bits per heavy atom. The van der Waals surface area contributed by atoms with Crippen molar-refractivity contribution in [3.05, 3.63) is 0 Å². The molecule has 1 saturated heterocycles. The number of hydrogen-bond acceptors (Lipinski definition) is 1. The predicted molar refractivity (Wildman–Crippen MR) is 50.0 cm³/mol. The van der Waals surface area contributed by atoms with Crippen molar-refractivity contribution >= 4 is 0 Å². The van der Waals surface area contributed by atoms with Crippen LogP contribution in [0, 0.1) is 5.92 Å². The molecule has 0 aromatic heterocycles. The van der Waals surface area contributed by atoms with Gasteiger partial charge in [-0.1, -0.05) is 13.8 Å². The van der Waals surface area contributed by atoms with Gasteiger partial charge in [0.05, 0.1) is 0 Å². The smallest absolute Gasteiger partial charge is 0.249 e. The summed E-state index contributed by atoms with van der Waals surface area (Å²) in [4.78, 5) is 0. The minimum Gasteiger partial charge on any atom is -0.314 e. The first-order valence-corrected chi connectivity index (χ1v) is 5.11. The van der Waals surface area contributed by atoms with Crippen molar-refractivity contribution in [3.63, 3.8) is 0 Å². The Hall–Kier alpha value is -0.180. The van der Waals surface area contributed by atoms with Crippen LogP contribution in [-0.2, 0) is 0 Å². The van der Waals surface area contributed by atoms with Gasteiger partial charge in [0.15, 0.2) is 0 Å². The van der Waals surface area contributed by atoms with Crippen molar-refractivity contribution < 1.29 is 8.78 Å². The molecule has 0 amide bonds. The summed E-state index contributed by atoms with van der Waals surface area (Å²) in [6, 6.07) is 0.0498. The third-order valence-electron chi connectivity index (χ3n) is 2.41. The highest BCUT2D eigenvalue weighted by Gasteiger charge is 2.34. The highest BCUT2D eigenvalue weighted by atomic mass is 19.3. The summed E-state index contributed by atoms with van der Waals surface area (Å²) < 4.78 is 26.6. The van der Waals surface area contributed by atoms with Crippen molar-refractivity contribution in [2.24, 2.45) is 5.92 Å². The molecule has 0 aromatic rings. The van der Waals surface area contributed by atoms with Crippen molar-refractivity contribution in [2.75, 3.05) is 6.54 Å². The second-order valence-electron chi connectivity index (χ2n) is 4.45. The number of halogens is 2. The molecule has 1 rings (SSSR count). The molecule has 1 fully saturated rings. The zero-order valence-electron chi connectivity index (χ0n) is 8.45. The van der Waals surface area contributed by atoms with E-state index < -0.39 is 5.92 Å². The largest absolute Gasteiger partial charge is 0.314 e. The first kappa shape index (κ1) is 10.9. The van der Waals surface area contributed by atoms with E-state index >= 15 is 0 Å². The maximum Gasteiger partial charge on any atom is 0.249 e. The molecule has 13 heavy (non-hydrogen) atoms. The molecular formula is C10H19F2N. The Balaban J connectivity index is 2.31. The normalized spacial score (nSPS) is 24.2. The number of rotatable bonds is 4. The van der Waals surface area contributed by atoms with E-state index in [1.807, 2.05) is 13.8 Å². The van der Waals surface area contributed by atoms with Gasteiger partial charge in [-0.25, -0.2) is 8.78 Å². The quantitative estimate of drug-likeness (QED) is 0.720. The lowest BCUT2D eigenvalue weighted by atomic mass is 9.98. The Bertz CT molecular complexity index is 151. The maximum atomic E-state index is 13.3. The lowest BCUT2D eigenvalue weighted by Crippen LogP contribution is -2.31. The molecule has 0 aliphatic carbocycles. The molecule has 0 bridgehead atoms. The average Bonchev–Trinajstić information content (AvgIpc) is 2.34. The molecule has 1 heterocycles. The summed E-state index contributed by atoms with van der Waals surface area (Å²) in [5.41, 5.74) is 0. The van der Waals surface area contributed by atoms with E-state index in [2.05, 4.69) is 5.32 Å². The molecular weight excluding hydrogens is 172 g/mol. The molecule has 1 nitrogen and oxygen atoms in total. The van der Waals surface area contributed by atoms with Crippen LogP contribution in [0.25, 0.3) is 0 Å². The molecule has 3 heteroatoms. The van der Waals surface area contributed by atoms with Gasteiger partial charge in [-0.05, 0) is 25.3 Å². The van der Waals surface area contributed by atoms with Gasteiger partial charge in [-0.15, -0.1) is 0 Å². The highest BCUT2D eigenvalue weighted by Crippen LogP contribution is 2.30. The molecule has 1 aliphatic rings. The van der Waals surface area contributed by atoms with E-state index in [0.29, 0.717) is 0 Å². The molecule has 1 unspecified atom stereocenters. The Labute approximate surface area is 78.9 Å². The fourth-order valence-corrected chi connectivity index (χ4v) is 1.97. The van der Waals surface area contributed by atoms with Crippen LogP contribution in [0.1, 0.15) is 39.5 Å². The van der Waals surface area contributed by atoms with Gasteiger partial charge >= 0.3 is 0 Å². The van der Waals surface area contributed by atoms with Crippen LogP contribution in [0.2, 0.25) is 0 Å². The van der Waals surface area contributed by atoms with Gasteiger partial charge < -0.3 is 5.32 Å². The SMILES string of the molecule is CC(C)CC(F)(F)CC1CCCN1. The zero-order valence-corrected chi connectivity index (χ0v) is 8.45. The molecule has 1 N–H and O–H groups in total. The Kier molecular flexibility index (Phi) is 3.65. The average molecular weight is 191 g/mol. The van der Waals surface area contributed by atoms with Crippen LogP contribution >= 0.6 is 0 Å². The highest BCUT2D eigenvalue weighted by molar-refractivity contribution is 4.81. The number of hydrogen-bond donors (Lipinski definition) is 1. The van der Waals surface area contributed by atoms with E-state index in [4.69, 9.17) is 0 Å². The Morgan fingerprint density at radius 1 is 1.46 bits per heavy atom. The monoisotopic (exact) mass is 191 g/mol. The van der Waals surface area contributed by atoms with Crippen LogP contribution in [0.4, 0.5) is 8.78 Å². The summed E-state index contributed by atoms with van der Waals surface area (Å²) in [6.45, 7) is 4.59. The molecule has 0 aromatic carbocycles. The summed E-state index contributed by atoms with van der Waals surface area (Å²) >= 11 is 0. The minimum absolute atomic E-state index is 0.0190. The second-order valence-corrected chi connectivity index (χ2v) is 4.45. The summed E-state index contributed by atoms with van der Waals surface area (Å²) in [5, 5.41) is 3.11. The first-order valence-electron chi connectivity index (χ1n) is 5.11. The van der Waals surface area contributed by atoms with Gasteiger partial charge in [-0.2, -0.15) is 0 Å². The van der Waals surface area contributed by atoms with E-state index in [9.17, 15) is 8.78 Å². The van der Waals surface area contributed by atoms with Crippen molar-refractivity contribution in [1.29, 1.82) is 0 Å².